The molecule has 0 spiro atoms. The largest absolute Gasteiger partial charge is 0.317 e. The van der Waals surface area contributed by atoms with E-state index in [0.29, 0.717) is 18.1 Å². The van der Waals surface area contributed by atoms with Gasteiger partial charge in [0.1, 0.15) is 0 Å². The van der Waals surface area contributed by atoms with E-state index in [0.717, 1.165) is 31.6 Å². The van der Waals surface area contributed by atoms with Gasteiger partial charge < -0.3 is 5.32 Å². The first-order chi connectivity index (χ1) is 9.07. The normalized spacial score (nSPS) is 27.7. The first-order valence-electron chi connectivity index (χ1n) is 7.02. The number of nitrogens with zero attached hydrogens (tertiary/aromatic N) is 2. The van der Waals surface area contributed by atoms with Crippen LogP contribution < -0.4 is 5.32 Å². The fraction of sp³-hybridized carbons (Fsp3) is 0.769. The SMILES string of the molecule is Cc1c(C2CCNCC2)cnn1C1CCS(=O)(=O)C1. The molecule has 2 aliphatic heterocycles. The van der Waals surface area contributed by atoms with Crippen LogP contribution in [0.1, 0.15) is 42.5 Å². The van der Waals surface area contributed by atoms with Gasteiger partial charge in [-0.05, 0) is 50.8 Å². The average Bonchev–Trinajstić information content (AvgIpc) is 2.93. The van der Waals surface area contributed by atoms with Crippen molar-refractivity contribution in [2.24, 2.45) is 0 Å². The predicted molar refractivity (Wildman–Crippen MR) is 74.1 cm³/mol. The van der Waals surface area contributed by atoms with Gasteiger partial charge in [-0.2, -0.15) is 5.10 Å². The predicted octanol–water partition coefficient (Wildman–Crippen LogP) is 1.02. The molecule has 1 unspecified atom stereocenters. The fourth-order valence-corrected chi connectivity index (χ4v) is 5.00. The van der Waals surface area contributed by atoms with Crippen LogP contribution in [0.15, 0.2) is 6.20 Å². The lowest BCUT2D eigenvalue weighted by Crippen LogP contribution is -2.26. The summed E-state index contributed by atoms with van der Waals surface area (Å²) in [6.07, 6.45) is 4.96. The molecule has 5 nitrogen and oxygen atoms in total. The molecular weight excluding hydrogens is 262 g/mol. The highest BCUT2D eigenvalue weighted by Crippen LogP contribution is 2.31. The van der Waals surface area contributed by atoms with Gasteiger partial charge in [-0.1, -0.05) is 0 Å². The van der Waals surface area contributed by atoms with E-state index in [1.165, 1.54) is 5.56 Å². The van der Waals surface area contributed by atoms with Gasteiger partial charge >= 0.3 is 0 Å². The van der Waals surface area contributed by atoms with Crippen LogP contribution in [0.25, 0.3) is 0 Å². The molecule has 2 aliphatic rings. The molecule has 1 aromatic heterocycles. The third-order valence-electron chi connectivity index (χ3n) is 4.42. The summed E-state index contributed by atoms with van der Waals surface area (Å²) in [6, 6.07) is 0.0421. The van der Waals surface area contributed by atoms with Gasteiger partial charge in [0.05, 0.1) is 23.7 Å². The minimum atomic E-state index is -2.85. The van der Waals surface area contributed by atoms with Crippen molar-refractivity contribution in [1.29, 1.82) is 0 Å². The monoisotopic (exact) mass is 283 g/mol. The van der Waals surface area contributed by atoms with Crippen molar-refractivity contribution in [3.63, 3.8) is 0 Å². The van der Waals surface area contributed by atoms with E-state index in [-0.39, 0.29) is 11.8 Å². The summed E-state index contributed by atoms with van der Waals surface area (Å²) in [6.45, 7) is 4.20. The zero-order valence-corrected chi connectivity index (χ0v) is 12.1. The Bertz CT molecular complexity index is 558. The summed E-state index contributed by atoms with van der Waals surface area (Å²) in [5.41, 5.74) is 2.47. The average molecular weight is 283 g/mol. The lowest BCUT2D eigenvalue weighted by molar-refractivity contribution is 0.454. The quantitative estimate of drug-likeness (QED) is 0.880. The van der Waals surface area contributed by atoms with Crippen LogP contribution in [-0.4, -0.2) is 42.8 Å². The number of hydrogen-bond donors (Lipinski definition) is 1. The maximum Gasteiger partial charge on any atom is 0.152 e. The molecule has 0 aromatic carbocycles. The summed E-state index contributed by atoms with van der Waals surface area (Å²) in [5.74, 6) is 1.13. The molecular formula is C13H21N3O2S. The smallest absolute Gasteiger partial charge is 0.152 e. The summed E-state index contributed by atoms with van der Waals surface area (Å²) in [4.78, 5) is 0. The number of nitrogens with one attached hydrogen (secondary N) is 1. The molecule has 2 fully saturated rings. The van der Waals surface area contributed by atoms with Crippen molar-refractivity contribution in [2.75, 3.05) is 24.6 Å². The highest BCUT2D eigenvalue weighted by molar-refractivity contribution is 7.91. The molecule has 0 radical (unpaired) electrons. The minimum absolute atomic E-state index is 0.0421. The molecule has 19 heavy (non-hydrogen) atoms. The maximum atomic E-state index is 11.6. The standard InChI is InChI=1S/C13H21N3O2S/c1-10-13(11-2-5-14-6-3-11)8-15-16(10)12-4-7-19(17,18)9-12/h8,11-12,14H,2-7,9H2,1H3. The second kappa shape index (κ2) is 4.90. The van der Waals surface area contributed by atoms with Crippen molar-refractivity contribution in [2.45, 2.75) is 38.1 Å². The van der Waals surface area contributed by atoms with E-state index in [1.54, 1.807) is 0 Å². The van der Waals surface area contributed by atoms with E-state index in [1.807, 2.05) is 10.9 Å². The highest BCUT2D eigenvalue weighted by Gasteiger charge is 2.31. The molecule has 6 heteroatoms. The third-order valence-corrected chi connectivity index (χ3v) is 6.17. The first kappa shape index (κ1) is 13.1. The van der Waals surface area contributed by atoms with Crippen LogP contribution in [0.4, 0.5) is 0 Å². The third kappa shape index (κ3) is 2.56. The van der Waals surface area contributed by atoms with E-state index < -0.39 is 9.84 Å². The summed E-state index contributed by atoms with van der Waals surface area (Å²) >= 11 is 0. The van der Waals surface area contributed by atoms with Gasteiger partial charge in [0.25, 0.3) is 0 Å². The Morgan fingerprint density at radius 3 is 2.68 bits per heavy atom. The Balaban J connectivity index is 1.82. The van der Waals surface area contributed by atoms with Crippen LogP contribution in [0.3, 0.4) is 0 Å². The number of hydrogen-bond acceptors (Lipinski definition) is 4. The number of sulfone groups is 1. The molecule has 3 heterocycles. The molecule has 3 rings (SSSR count). The summed E-state index contributed by atoms with van der Waals surface area (Å²) in [5, 5.41) is 7.84. The van der Waals surface area contributed by atoms with Crippen LogP contribution in [0, 0.1) is 6.92 Å². The molecule has 1 aromatic rings. The zero-order valence-electron chi connectivity index (χ0n) is 11.3. The highest BCUT2D eigenvalue weighted by atomic mass is 32.2. The molecule has 1 atom stereocenters. The Labute approximate surface area is 114 Å². The lowest BCUT2D eigenvalue weighted by atomic mass is 9.91. The van der Waals surface area contributed by atoms with Crippen LogP contribution >= 0.6 is 0 Å². The van der Waals surface area contributed by atoms with Gasteiger partial charge in [0, 0.05) is 5.69 Å². The van der Waals surface area contributed by atoms with E-state index >= 15 is 0 Å². The molecule has 106 valence electrons. The van der Waals surface area contributed by atoms with Gasteiger partial charge in [-0.3, -0.25) is 4.68 Å². The summed E-state index contributed by atoms with van der Waals surface area (Å²) < 4.78 is 25.1. The summed E-state index contributed by atoms with van der Waals surface area (Å²) in [7, 11) is -2.85. The van der Waals surface area contributed by atoms with E-state index in [2.05, 4.69) is 17.3 Å². The van der Waals surface area contributed by atoms with Crippen LogP contribution in [0.2, 0.25) is 0 Å². The zero-order chi connectivity index (χ0) is 13.5. The van der Waals surface area contributed by atoms with Crippen molar-refractivity contribution in [3.8, 4) is 0 Å². The van der Waals surface area contributed by atoms with Gasteiger partial charge in [0.15, 0.2) is 9.84 Å². The number of piperidine rings is 1. The van der Waals surface area contributed by atoms with Gasteiger partial charge in [-0.25, -0.2) is 8.42 Å². The first-order valence-corrected chi connectivity index (χ1v) is 8.84. The van der Waals surface area contributed by atoms with Crippen LogP contribution in [0.5, 0.6) is 0 Å². The van der Waals surface area contributed by atoms with E-state index in [9.17, 15) is 8.42 Å². The van der Waals surface area contributed by atoms with E-state index in [4.69, 9.17) is 0 Å². The lowest BCUT2D eigenvalue weighted by Gasteiger charge is -2.22. The second-order valence-electron chi connectivity index (χ2n) is 5.71. The maximum absolute atomic E-state index is 11.6. The Morgan fingerprint density at radius 2 is 2.05 bits per heavy atom. The molecule has 0 amide bonds. The minimum Gasteiger partial charge on any atom is -0.317 e. The van der Waals surface area contributed by atoms with Crippen molar-refractivity contribution >= 4 is 9.84 Å². The second-order valence-corrected chi connectivity index (χ2v) is 7.94. The van der Waals surface area contributed by atoms with Gasteiger partial charge in [0.2, 0.25) is 0 Å². The Hall–Kier alpha value is -0.880. The molecule has 2 saturated heterocycles. The number of rotatable bonds is 2. The Kier molecular flexibility index (Phi) is 3.39. The van der Waals surface area contributed by atoms with Gasteiger partial charge in [-0.15, -0.1) is 0 Å². The Morgan fingerprint density at radius 1 is 1.32 bits per heavy atom. The molecule has 0 bridgehead atoms. The van der Waals surface area contributed by atoms with Crippen LogP contribution in [-0.2, 0) is 9.84 Å². The fourth-order valence-electron chi connectivity index (χ4n) is 3.31. The topological polar surface area (TPSA) is 64.0 Å². The number of aromatic nitrogens is 2. The van der Waals surface area contributed by atoms with Crippen molar-refractivity contribution in [3.05, 3.63) is 17.5 Å². The molecule has 1 N–H and O–H groups in total. The molecule has 0 aliphatic carbocycles. The molecule has 0 saturated carbocycles. The van der Waals surface area contributed by atoms with Crippen molar-refractivity contribution < 1.29 is 8.42 Å². The van der Waals surface area contributed by atoms with Crippen molar-refractivity contribution in [1.82, 2.24) is 15.1 Å².